The van der Waals surface area contributed by atoms with E-state index >= 15 is 0 Å². The smallest absolute Gasteiger partial charge is 0.346 e. The first-order valence-electron chi connectivity index (χ1n) is 4.46. The van der Waals surface area contributed by atoms with E-state index in [0.717, 1.165) is 0 Å². The maximum absolute atomic E-state index is 11.3. The van der Waals surface area contributed by atoms with Gasteiger partial charge < -0.3 is 4.74 Å². The maximum atomic E-state index is 11.3. The van der Waals surface area contributed by atoms with Crippen LogP contribution in [0.4, 0.5) is 0 Å². The zero-order chi connectivity index (χ0) is 11.0. The number of ether oxygens (including phenoxy) is 1. The van der Waals surface area contributed by atoms with Crippen LogP contribution in [0.25, 0.3) is 0 Å². The highest BCUT2D eigenvalue weighted by molar-refractivity contribution is 6.13. The van der Waals surface area contributed by atoms with Crippen LogP contribution >= 0.6 is 0 Å². The quantitative estimate of drug-likeness (QED) is 0.506. The number of carbonyl (C=O) groups is 3. The van der Waals surface area contributed by atoms with Crippen molar-refractivity contribution in [2.45, 2.75) is 12.8 Å². The van der Waals surface area contributed by atoms with E-state index in [-0.39, 0.29) is 11.3 Å². The van der Waals surface area contributed by atoms with E-state index in [1.165, 1.54) is 6.92 Å². The molecule has 4 nitrogen and oxygen atoms in total. The zero-order valence-corrected chi connectivity index (χ0v) is 8.02. The number of cyclic esters (lactones) is 2. The number of fused-ring (bicyclic) bond motifs is 1. The van der Waals surface area contributed by atoms with Gasteiger partial charge in [0.2, 0.25) is 0 Å². The van der Waals surface area contributed by atoms with Crippen molar-refractivity contribution in [1.29, 1.82) is 0 Å². The summed E-state index contributed by atoms with van der Waals surface area (Å²) in [4.78, 5) is 33.9. The van der Waals surface area contributed by atoms with Crippen LogP contribution in [0.3, 0.4) is 0 Å². The number of carbonyl (C=O) groups excluding carboxylic acids is 3. The highest BCUT2D eigenvalue weighted by Gasteiger charge is 2.37. The Morgan fingerprint density at radius 3 is 2.60 bits per heavy atom. The molecule has 1 aliphatic rings. The van der Waals surface area contributed by atoms with Crippen molar-refractivity contribution in [3.63, 3.8) is 0 Å². The van der Waals surface area contributed by atoms with E-state index in [2.05, 4.69) is 4.74 Å². The molecular formula is C11H8O4. The summed E-state index contributed by atoms with van der Waals surface area (Å²) in [6.07, 6.45) is 0. The molecule has 0 aromatic heterocycles. The molecule has 0 N–H and O–H groups in total. The van der Waals surface area contributed by atoms with E-state index in [4.69, 9.17) is 0 Å². The molecule has 0 fully saturated rings. The van der Waals surface area contributed by atoms with Gasteiger partial charge in [-0.25, -0.2) is 4.79 Å². The molecule has 15 heavy (non-hydrogen) atoms. The second kappa shape index (κ2) is 3.31. The second-order valence-corrected chi connectivity index (χ2v) is 3.34. The summed E-state index contributed by atoms with van der Waals surface area (Å²) in [6.45, 7) is 1.30. The highest BCUT2D eigenvalue weighted by Crippen LogP contribution is 2.27. The number of ketones is 1. The second-order valence-electron chi connectivity index (χ2n) is 3.34. The molecule has 4 heteroatoms. The third-order valence-corrected chi connectivity index (χ3v) is 2.33. The molecule has 1 aromatic rings. The number of hydrogen-bond acceptors (Lipinski definition) is 4. The van der Waals surface area contributed by atoms with Crippen molar-refractivity contribution >= 4 is 17.7 Å². The summed E-state index contributed by atoms with van der Waals surface area (Å²) in [5.41, 5.74) is 0.726. The van der Waals surface area contributed by atoms with Crippen LogP contribution in [-0.4, -0.2) is 17.7 Å². The molecule has 0 unspecified atom stereocenters. The molecular weight excluding hydrogens is 196 g/mol. The first-order valence-corrected chi connectivity index (χ1v) is 4.46. The van der Waals surface area contributed by atoms with Gasteiger partial charge in [-0.1, -0.05) is 18.2 Å². The van der Waals surface area contributed by atoms with Gasteiger partial charge >= 0.3 is 11.9 Å². The summed E-state index contributed by atoms with van der Waals surface area (Å²) in [5.74, 6) is -2.75. The number of benzene rings is 1. The first-order chi connectivity index (χ1) is 7.11. The Bertz CT molecular complexity index is 461. The highest BCUT2D eigenvalue weighted by atomic mass is 16.6. The van der Waals surface area contributed by atoms with Gasteiger partial charge in [-0.05, 0) is 18.6 Å². The molecule has 0 radical (unpaired) electrons. The van der Waals surface area contributed by atoms with Crippen LogP contribution in [0, 0.1) is 0 Å². The lowest BCUT2D eigenvalue weighted by Crippen LogP contribution is -2.31. The molecule has 1 aliphatic heterocycles. The Hall–Kier alpha value is -1.97. The Morgan fingerprint density at radius 2 is 1.93 bits per heavy atom. The average molecular weight is 204 g/mol. The van der Waals surface area contributed by atoms with Crippen LogP contribution in [0.1, 0.15) is 28.8 Å². The van der Waals surface area contributed by atoms with Crippen molar-refractivity contribution in [3.8, 4) is 0 Å². The summed E-state index contributed by atoms with van der Waals surface area (Å²) < 4.78 is 4.49. The van der Waals surface area contributed by atoms with Crippen LogP contribution in [0.2, 0.25) is 0 Å². The molecule has 1 heterocycles. The fraction of sp³-hybridized carbons (Fsp3) is 0.182. The predicted octanol–water partition coefficient (Wildman–Crippen LogP) is 1.06. The van der Waals surface area contributed by atoms with E-state index < -0.39 is 17.9 Å². The van der Waals surface area contributed by atoms with Crippen molar-refractivity contribution in [3.05, 3.63) is 35.4 Å². The third kappa shape index (κ3) is 1.44. The molecule has 76 valence electrons. The minimum atomic E-state index is -0.959. The van der Waals surface area contributed by atoms with Gasteiger partial charge in [0.15, 0.2) is 0 Å². The van der Waals surface area contributed by atoms with Crippen molar-refractivity contribution in [2.75, 3.05) is 0 Å². The molecule has 0 aliphatic carbocycles. The van der Waals surface area contributed by atoms with Gasteiger partial charge in [0.05, 0.1) is 5.56 Å². The van der Waals surface area contributed by atoms with Crippen LogP contribution < -0.4 is 0 Å². The summed E-state index contributed by atoms with van der Waals surface area (Å²) in [5, 5.41) is 0. The molecule has 0 bridgehead atoms. The van der Waals surface area contributed by atoms with Crippen LogP contribution in [0.5, 0.6) is 0 Å². The van der Waals surface area contributed by atoms with Gasteiger partial charge in [-0.15, -0.1) is 0 Å². The fourth-order valence-corrected chi connectivity index (χ4v) is 1.65. The van der Waals surface area contributed by atoms with Gasteiger partial charge in [-0.2, -0.15) is 0 Å². The lowest BCUT2D eigenvalue weighted by molar-refractivity contribution is -0.143. The molecule has 1 atom stereocenters. The summed E-state index contributed by atoms with van der Waals surface area (Å²) in [6, 6.07) is 6.48. The van der Waals surface area contributed by atoms with Gasteiger partial charge in [0, 0.05) is 0 Å². The van der Waals surface area contributed by atoms with E-state index in [1.807, 2.05) is 0 Å². The normalized spacial score (nSPS) is 19.4. The van der Waals surface area contributed by atoms with E-state index in [9.17, 15) is 14.4 Å². The lowest BCUT2D eigenvalue weighted by Gasteiger charge is -2.20. The Labute approximate surface area is 85.8 Å². The van der Waals surface area contributed by atoms with Crippen molar-refractivity contribution in [2.24, 2.45) is 0 Å². The topological polar surface area (TPSA) is 60.4 Å². The molecule has 0 amide bonds. The largest absolute Gasteiger partial charge is 0.389 e. The van der Waals surface area contributed by atoms with Crippen LogP contribution in [-0.2, 0) is 14.3 Å². The van der Waals surface area contributed by atoms with Crippen molar-refractivity contribution in [1.82, 2.24) is 0 Å². The zero-order valence-electron chi connectivity index (χ0n) is 8.02. The summed E-state index contributed by atoms with van der Waals surface area (Å²) >= 11 is 0. The van der Waals surface area contributed by atoms with Crippen LogP contribution in [0.15, 0.2) is 24.3 Å². The Balaban J connectivity index is 2.61. The van der Waals surface area contributed by atoms with E-state index in [0.29, 0.717) is 5.56 Å². The monoisotopic (exact) mass is 204 g/mol. The van der Waals surface area contributed by atoms with E-state index in [1.54, 1.807) is 24.3 Å². The number of hydrogen-bond donors (Lipinski definition) is 0. The van der Waals surface area contributed by atoms with Gasteiger partial charge in [-0.3, -0.25) is 9.59 Å². The maximum Gasteiger partial charge on any atom is 0.346 e. The van der Waals surface area contributed by atoms with Gasteiger partial charge in [0.1, 0.15) is 11.7 Å². The number of rotatable bonds is 1. The van der Waals surface area contributed by atoms with Gasteiger partial charge in [0.25, 0.3) is 0 Å². The fourth-order valence-electron chi connectivity index (χ4n) is 1.65. The Kier molecular flexibility index (Phi) is 2.11. The standard InChI is InChI=1S/C11H8O4/c1-6(12)9-7-4-2-3-5-8(7)10(13)15-11(9)14/h2-5,9H,1H3/t9-/m0/s1. The molecule has 0 saturated carbocycles. The number of Topliss-reactive ketones (excluding diaryl/α,β-unsaturated/α-hetero) is 1. The average Bonchev–Trinajstić information content (AvgIpc) is 2.17. The molecule has 2 rings (SSSR count). The minimum absolute atomic E-state index is 0.289. The predicted molar refractivity (Wildman–Crippen MR) is 50.3 cm³/mol. The first kappa shape index (κ1) is 9.58. The summed E-state index contributed by atoms with van der Waals surface area (Å²) in [7, 11) is 0. The van der Waals surface area contributed by atoms with Crippen molar-refractivity contribution < 1.29 is 19.1 Å². The Morgan fingerprint density at radius 1 is 1.27 bits per heavy atom. The number of esters is 2. The SMILES string of the molecule is CC(=O)[C@@H]1C(=O)OC(=O)c2ccccc21. The lowest BCUT2D eigenvalue weighted by atomic mass is 9.89. The molecule has 0 spiro atoms. The third-order valence-electron chi connectivity index (χ3n) is 2.33. The molecule has 1 aromatic carbocycles. The minimum Gasteiger partial charge on any atom is -0.389 e. The molecule has 0 saturated heterocycles.